The zero-order chi connectivity index (χ0) is 13.5. The molecule has 0 spiro atoms. The molecular weight excluding hydrogens is 232 g/mol. The van der Waals surface area contributed by atoms with Gasteiger partial charge >= 0.3 is 6.09 Å². The standard InChI is InChI=1S/C12H20N4O2/c1-5-8-9-7(10(13)15-14-9)6-16(8)11(17)18-12(2,3)4/h8H,5-6H2,1-4H3,(H3,13,14,15). The number of fused-ring (bicyclic) bond motifs is 1. The van der Waals surface area contributed by atoms with Crippen LogP contribution in [0.15, 0.2) is 0 Å². The Balaban J connectivity index is 2.20. The number of anilines is 1. The van der Waals surface area contributed by atoms with Gasteiger partial charge in [0.15, 0.2) is 5.82 Å². The van der Waals surface area contributed by atoms with Crippen LogP contribution in [0.1, 0.15) is 51.4 Å². The number of ether oxygens (including phenoxy) is 1. The number of nitrogen functional groups attached to an aromatic ring is 1. The van der Waals surface area contributed by atoms with Crippen molar-refractivity contribution in [2.75, 3.05) is 5.73 Å². The van der Waals surface area contributed by atoms with Crippen LogP contribution in [0.2, 0.25) is 0 Å². The molecule has 18 heavy (non-hydrogen) atoms. The third kappa shape index (κ3) is 2.14. The first kappa shape index (κ1) is 12.7. The van der Waals surface area contributed by atoms with Gasteiger partial charge in [0.1, 0.15) is 5.60 Å². The van der Waals surface area contributed by atoms with Gasteiger partial charge in [0, 0.05) is 5.56 Å². The van der Waals surface area contributed by atoms with E-state index in [-0.39, 0.29) is 12.1 Å². The molecule has 1 atom stereocenters. The number of aromatic amines is 1. The van der Waals surface area contributed by atoms with Gasteiger partial charge in [0.2, 0.25) is 0 Å². The highest BCUT2D eigenvalue weighted by Crippen LogP contribution is 2.37. The van der Waals surface area contributed by atoms with E-state index in [1.54, 1.807) is 4.90 Å². The summed E-state index contributed by atoms with van der Waals surface area (Å²) in [6.07, 6.45) is 0.492. The molecule has 0 fully saturated rings. The first-order valence-electron chi connectivity index (χ1n) is 6.15. The average Bonchev–Trinajstić information content (AvgIpc) is 2.76. The Hall–Kier alpha value is -1.72. The first-order valence-corrected chi connectivity index (χ1v) is 6.15. The van der Waals surface area contributed by atoms with Crippen molar-refractivity contribution < 1.29 is 9.53 Å². The largest absolute Gasteiger partial charge is 0.444 e. The van der Waals surface area contributed by atoms with Crippen LogP contribution in [0.25, 0.3) is 0 Å². The van der Waals surface area contributed by atoms with Gasteiger partial charge in [-0.05, 0) is 27.2 Å². The number of nitrogens with two attached hydrogens (primary N) is 1. The van der Waals surface area contributed by atoms with Crippen molar-refractivity contribution in [1.29, 1.82) is 0 Å². The molecule has 0 saturated carbocycles. The van der Waals surface area contributed by atoms with Crippen molar-refractivity contribution in [2.24, 2.45) is 0 Å². The van der Waals surface area contributed by atoms with E-state index in [0.717, 1.165) is 17.7 Å². The summed E-state index contributed by atoms with van der Waals surface area (Å²) in [6, 6.07) is -0.0281. The van der Waals surface area contributed by atoms with Crippen molar-refractivity contribution in [2.45, 2.75) is 52.3 Å². The van der Waals surface area contributed by atoms with Crippen LogP contribution in [0.3, 0.4) is 0 Å². The second-order valence-corrected chi connectivity index (χ2v) is 5.53. The topological polar surface area (TPSA) is 84.2 Å². The Kier molecular flexibility index (Phi) is 2.96. The molecule has 1 unspecified atom stereocenters. The van der Waals surface area contributed by atoms with E-state index in [9.17, 15) is 4.79 Å². The molecule has 1 aliphatic heterocycles. The van der Waals surface area contributed by atoms with E-state index >= 15 is 0 Å². The molecule has 0 aromatic carbocycles. The average molecular weight is 252 g/mol. The molecule has 2 heterocycles. The van der Waals surface area contributed by atoms with Gasteiger partial charge in [0.25, 0.3) is 0 Å². The Bertz CT molecular complexity index is 461. The van der Waals surface area contributed by atoms with Crippen molar-refractivity contribution in [3.63, 3.8) is 0 Å². The molecule has 3 N–H and O–H groups in total. The Morgan fingerprint density at radius 3 is 2.83 bits per heavy atom. The molecule has 2 rings (SSSR count). The van der Waals surface area contributed by atoms with Crippen LogP contribution in [-0.4, -0.2) is 26.8 Å². The summed E-state index contributed by atoms with van der Waals surface area (Å²) in [6.45, 7) is 8.06. The highest BCUT2D eigenvalue weighted by molar-refractivity contribution is 5.71. The monoisotopic (exact) mass is 252 g/mol. The van der Waals surface area contributed by atoms with Gasteiger partial charge in [-0.25, -0.2) is 4.79 Å². The van der Waals surface area contributed by atoms with Gasteiger partial charge in [-0.1, -0.05) is 6.92 Å². The maximum absolute atomic E-state index is 12.1. The second-order valence-electron chi connectivity index (χ2n) is 5.53. The maximum atomic E-state index is 12.1. The summed E-state index contributed by atoms with van der Waals surface area (Å²) in [5, 5.41) is 6.89. The molecule has 0 bridgehead atoms. The molecule has 6 heteroatoms. The van der Waals surface area contributed by atoms with E-state index in [4.69, 9.17) is 10.5 Å². The van der Waals surface area contributed by atoms with Gasteiger partial charge in [0.05, 0.1) is 18.3 Å². The number of carbonyl (C=O) groups is 1. The van der Waals surface area contributed by atoms with Crippen LogP contribution in [-0.2, 0) is 11.3 Å². The zero-order valence-corrected chi connectivity index (χ0v) is 11.3. The number of aromatic nitrogens is 2. The number of nitrogens with one attached hydrogen (secondary N) is 1. The number of carbonyl (C=O) groups excluding carboxylic acids is 1. The van der Waals surface area contributed by atoms with E-state index in [2.05, 4.69) is 10.2 Å². The van der Waals surface area contributed by atoms with Crippen LogP contribution in [0, 0.1) is 0 Å². The van der Waals surface area contributed by atoms with E-state index in [1.165, 1.54) is 0 Å². The van der Waals surface area contributed by atoms with Crippen molar-refractivity contribution in [3.05, 3.63) is 11.3 Å². The fourth-order valence-electron chi connectivity index (χ4n) is 2.21. The number of nitrogens with zero attached hydrogens (tertiary/aromatic N) is 2. The SMILES string of the molecule is CCC1c2[nH]nc(N)c2CN1C(=O)OC(C)(C)C. The lowest BCUT2D eigenvalue weighted by Gasteiger charge is -2.28. The molecule has 0 aliphatic carbocycles. The fraction of sp³-hybridized carbons (Fsp3) is 0.667. The maximum Gasteiger partial charge on any atom is 0.411 e. The number of H-pyrrole nitrogens is 1. The summed E-state index contributed by atoms with van der Waals surface area (Å²) in [5.74, 6) is 0.467. The quantitative estimate of drug-likeness (QED) is 0.802. The predicted molar refractivity (Wildman–Crippen MR) is 67.8 cm³/mol. The smallest absolute Gasteiger partial charge is 0.411 e. The normalized spacial score (nSPS) is 18.9. The van der Waals surface area contributed by atoms with E-state index < -0.39 is 5.60 Å². The van der Waals surface area contributed by atoms with Crippen LogP contribution in [0.5, 0.6) is 0 Å². The highest BCUT2D eigenvalue weighted by atomic mass is 16.6. The number of rotatable bonds is 1. The van der Waals surface area contributed by atoms with Gasteiger partial charge in [-0.3, -0.25) is 10.00 Å². The Morgan fingerprint density at radius 2 is 2.28 bits per heavy atom. The Labute approximate surface area is 106 Å². The third-order valence-corrected chi connectivity index (χ3v) is 2.98. The highest BCUT2D eigenvalue weighted by Gasteiger charge is 2.37. The minimum atomic E-state index is -0.491. The summed E-state index contributed by atoms with van der Waals surface area (Å²) >= 11 is 0. The molecule has 0 saturated heterocycles. The second kappa shape index (κ2) is 4.19. The van der Waals surface area contributed by atoms with Gasteiger partial charge in [-0.2, -0.15) is 5.10 Å². The summed E-state index contributed by atoms with van der Waals surface area (Å²) in [4.78, 5) is 13.8. The van der Waals surface area contributed by atoms with Crippen LogP contribution < -0.4 is 5.73 Å². The molecule has 1 amide bonds. The number of hydrogen-bond acceptors (Lipinski definition) is 4. The van der Waals surface area contributed by atoms with Crippen LogP contribution >= 0.6 is 0 Å². The van der Waals surface area contributed by atoms with Gasteiger partial charge < -0.3 is 10.5 Å². The lowest BCUT2D eigenvalue weighted by Crippen LogP contribution is -2.35. The van der Waals surface area contributed by atoms with Gasteiger partial charge in [-0.15, -0.1) is 0 Å². The van der Waals surface area contributed by atoms with Crippen LogP contribution in [0.4, 0.5) is 10.6 Å². The lowest BCUT2D eigenvalue weighted by atomic mass is 10.1. The number of amides is 1. The summed E-state index contributed by atoms with van der Waals surface area (Å²) in [7, 11) is 0. The lowest BCUT2D eigenvalue weighted by molar-refractivity contribution is 0.0165. The van der Waals surface area contributed by atoms with Crippen molar-refractivity contribution >= 4 is 11.9 Å². The molecule has 6 nitrogen and oxygen atoms in total. The van der Waals surface area contributed by atoms with E-state index in [1.807, 2.05) is 27.7 Å². The van der Waals surface area contributed by atoms with Crippen molar-refractivity contribution in [1.82, 2.24) is 15.1 Å². The minimum Gasteiger partial charge on any atom is -0.444 e. The first-order chi connectivity index (χ1) is 8.33. The molecule has 1 aromatic rings. The zero-order valence-electron chi connectivity index (χ0n) is 11.3. The molecule has 1 aliphatic rings. The summed E-state index contributed by atoms with van der Waals surface area (Å²) < 4.78 is 5.41. The summed E-state index contributed by atoms with van der Waals surface area (Å²) in [5.41, 5.74) is 7.13. The fourth-order valence-corrected chi connectivity index (χ4v) is 2.21. The Morgan fingerprint density at radius 1 is 1.61 bits per heavy atom. The minimum absolute atomic E-state index is 0.0281. The molecule has 100 valence electrons. The predicted octanol–water partition coefficient (Wildman–Crippen LogP) is 2.19. The molecular formula is C12H20N4O2. The molecule has 1 aromatic heterocycles. The number of hydrogen-bond donors (Lipinski definition) is 2. The molecule has 0 radical (unpaired) electrons. The third-order valence-electron chi connectivity index (χ3n) is 2.98. The van der Waals surface area contributed by atoms with Crippen molar-refractivity contribution in [3.8, 4) is 0 Å². The van der Waals surface area contributed by atoms with E-state index in [0.29, 0.717) is 12.4 Å².